The van der Waals surface area contributed by atoms with Gasteiger partial charge in [-0.3, -0.25) is 4.79 Å². The molecule has 2 aromatic carbocycles. The Hall–Kier alpha value is -3.31. The Morgan fingerprint density at radius 3 is 2.36 bits per heavy atom. The van der Waals surface area contributed by atoms with Gasteiger partial charge in [-0.1, -0.05) is 30.0 Å². The normalized spacial score (nSPS) is 14.1. The third-order valence-corrected chi connectivity index (χ3v) is 7.10. The average Bonchev–Trinajstić information content (AvgIpc) is 2.91. The molecule has 0 unspecified atom stereocenters. The minimum Gasteiger partial charge on any atom is -0.378 e. The average molecular weight is 560 g/mol. The Morgan fingerprint density at radius 2 is 1.72 bits per heavy atom. The lowest BCUT2D eigenvalue weighted by Crippen LogP contribution is -2.47. The van der Waals surface area contributed by atoms with Crippen molar-refractivity contribution in [2.75, 3.05) is 43.1 Å². The van der Waals surface area contributed by atoms with Crippen LogP contribution >= 0.6 is 11.8 Å². The molecule has 1 fully saturated rings. The summed E-state index contributed by atoms with van der Waals surface area (Å²) in [7, 11) is 1.61. The third kappa shape index (κ3) is 7.86. The fourth-order valence-electron chi connectivity index (χ4n) is 4.23. The van der Waals surface area contributed by atoms with Crippen LogP contribution in [-0.4, -0.2) is 55.2 Å². The van der Waals surface area contributed by atoms with E-state index in [0.29, 0.717) is 54.9 Å². The maximum absolute atomic E-state index is 13.1. The van der Waals surface area contributed by atoms with E-state index in [4.69, 9.17) is 9.72 Å². The number of rotatable bonds is 9. The number of hydrogen-bond donors (Lipinski definition) is 1. The predicted molar refractivity (Wildman–Crippen MR) is 147 cm³/mol. The number of piperazine rings is 1. The first-order valence-electron chi connectivity index (χ1n) is 12.7. The molecule has 1 aliphatic heterocycles. The molecule has 0 spiro atoms. The number of amides is 1. The van der Waals surface area contributed by atoms with Crippen molar-refractivity contribution in [2.45, 2.75) is 43.6 Å². The number of alkyl halides is 3. The molecule has 1 saturated heterocycles. The molecule has 3 aromatic rings. The van der Waals surface area contributed by atoms with E-state index in [1.165, 1.54) is 23.9 Å². The molecule has 0 aliphatic carbocycles. The van der Waals surface area contributed by atoms with E-state index in [1.54, 1.807) is 13.2 Å². The highest BCUT2D eigenvalue weighted by Gasteiger charge is 2.31. The first kappa shape index (κ1) is 28.7. The fraction of sp³-hybridized carbons (Fsp3) is 0.393. The van der Waals surface area contributed by atoms with Gasteiger partial charge in [0.1, 0.15) is 5.82 Å². The Kier molecular flexibility index (Phi) is 9.34. The van der Waals surface area contributed by atoms with Crippen LogP contribution < -0.4 is 15.1 Å². The molecule has 0 radical (unpaired) electrons. The zero-order chi connectivity index (χ0) is 28.0. The molecular weight excluding hydrogens is 527 g/mol. The van der Waals surface area contributed by atoms with Crippen LogP contribution in [0.2, 0.25) is 0 Å². The van der Waals surface area contributed by atoms with Crippen LogP contribution in [0.5, 0.6) is 0 Å². The van der Waals surface area contributed by atoms with Crippen LogP contribution in [0.3, 0.4) is 0 Å². The topological polar surface area (TPSA) is 70.6 Å². The lowest BCUT2D eigenvalue weighted by molar-refractivity contribution is -0.137. The van der Waals surface area contributed by atoms with Crippen LogP contribution in [0.1, 0.15) is 41.0 Å². The number of aromatic nitrogens is 2. The summed E-state index contributed by atoms with van der Waals surface area (Å²) < 4.78 is 44.8. The van der Waals surface area contributed by atoms with Gasteiger partial charge >= 0.3 is 6.18 Å². The summed E-state index contributed by atoms with van der Waals surface area (Å²) in [4.78, 5) is 25.7. The molecule has 2 heterocycles. The van der Waals surface area contributed by atoms with E-state index < -0.39 is 11.7 Å². The van der Waals surface area contributed by atoms with Gasteiger partial charge in [0.15, 0.2) is 5.16 Å². The van der Waals surface area contributed by atoms with E-state index in [2.05, 4.69) is 15.2 Å². The van der Waals surface area contributed by atoms with Crippen molar-refractivity contribution in [2.24, 2.45) is 0 Å². The van der Waals surface area contributed by atoms with Crippen LogP contribution in [0.25, 0.3) is 0 Å². The number of benzene rings is 2. The molecule has 1 aliphatic rings. The van der Waals surface area contributed by atoms with Gasteiger partial charge in [0.2, 0.25) is 0 Å². The largest absolute Gasteiger partial charge is 0.416 e. The van der Waals surface area contributed by atoms with E-state index >= 15 is 0 Å². The Bertz CT molecular complexity index is 1260. The first-order chi connectivity index (χ1) is 18.6. The predicted octanol–water partition coefficient (Wildman–Crippen LogP) is 5.40. The molecule has 11 heteroatoms. The second kappa shape index (κ2) is 12.7. The van der Waals surface area contributed by atoms with Crippen molar-refractivity contribution in [3.63, 3.8) is 0 Å². The molecule has 1 N–H and O–H groups in total. The van der Waals surface area contributed by atoms with Crippen molar-refractivity contribution in [3.05, 3.63) is 77.0 Å². The maximum Gasteiger partial charge on any atom is 0.416 e. The zero-order valence-corrected chi connectivity index (χ0v) is 23.0. The lowest BCUT2D eigenvalue weighted by atomic mass is 10.1. The fourth-order valence-corrected chi connectivity index (χ4v) is 5.05. The third-order valence-electron chi connectivity index (χ3n) is 6.18. The van der Waals surface area contributed by atoms with Crippen molar-refractivity contribution in [1.82, 2.24) is 15.3 Å². The van der Waals surface area contributed by atoms with Gasteiger partial charge in [0.25, 0.3) is 5.91 Å². The quantitative estimate of drug-likeness (QED) is 0.278. The Balaban J connectivity index is 1.41. The number of nitrogens with one attached hydrogen (secondary N) is 1. The molecule has 1 amide bonds. The van der Waals surface area contributed by atoms with Crippen molar-refractivity contribution < 1.29 is 22.7 Å². The molecule has 0 atom stereocenters. The van der Waals surface area contributed by atoms with E-state index in [1.807, 2.05) is 49.1 Å². The SMILES string of the molecule is COCc1cc(N2CCN(c3cccc(C(F)(F)F)c3)CC2)nc(SCc2ccc(C(=O)NC(C)C)cc2)n1. The number of anilines is 2. The molecule has 0 bridgehead atoms. The number of nitrogens with zero attached hydrogens (tertiary/aromatic N) is 4. The van der Waals surface area contributed by atoms with Gasteiger partial charge in [0.05, 0.1) is 17.9 Å². The summed E-state index contributed by atoms with van der Waals surface area (Å²) in [6.45, 7) is 6.56. The van der Waals surface area contributed by atoms with Crippen LogP contribution in [0, 0.1) is 0 Å². The highest BCUT2D eigenvalue weighted by molar-refractivity contribution is 7.98. The van der Waals surface area contributed by atoms with Crippen molar-refractivity contribution >= 4 is 29.2 Å². The second-order valence-corrected chi connectivity index (χ2v) is 10.5. The summed E-state index contributed by atoms with van der Waals surface area (Å²) >= 11 is 1.50. The summed E-state index contributed by atoms with van der Waals surface area (Å²) in [6.07, 6.45) is -4.37. The molecule has 208 valence electrons. The summed E-state index contributed by atoms with van der Waals surface area (Å²) in [5.41, 5.74) is 2.33. The minimum atomic E-state index is -4.37. The monoisotopic (exact) mass is 559 g/mol. The summed E-state index contributed by atoms with van der Waals surface area (Å²) in [5.74, 6) is 1.30. The first-order valence-corrected chi connectivity index (χ1v) is 13.7. The van der Waals surface area contributed by atoms with E-state index in [0.717, 1.165) is 23.1 Å². The van der Waals surface area contributed by atoms with Crippen LogP contribution in [0.15, 0.2) is 59.8 Å². The van der Waals surface area contributed by atoms with Crippen LogP contribution in [-0.2, 0) is 23.3 Å². The summed E-state index contributed by atoms with van der Waals surface area (Å²) in [5, 5.41) is 3.50. The Morgan fingerprint density at radius 1 is 1.03 bits per heavy atom. The smallest absolute Gasteiger partial charge is 0.378 e. The van der Waals surface area contributed by atoms with Gasteiger partial charge in [0, 0.05) is 62.4 Å². The zero-order valence-electron chi connectivity index (χ0n) is 22.2. The number of thioether (sulfide) groups is 1. The highest BCUT2D eigenvalue weighted by Crippen LogP contribution is 2.32. The van der Waals surface area contributed by atoms with Crippen molar-refractivity contribution in [3.8, 4) is 0 Å². The molecular formula is C28H32F3N5O2S. The van der Waals surface area contributed by atoms with Crippen LogP contribution in [0.4, 0.5) is 24.7 Å². The Labute approximate surface area is 230 Å². The maximum atomic E-state index is 13.1. The van der Waals surface area contributed by atoms with E-state index in [-0.39, 0.29) is 11.9 Å². The van der Waals surface area contributed by atoms with Gasteiger partial charge < -0.3 is 19.9 Å². The lowest BCUT2D eigenvalue weighted by Gasteiger charge is -2.37. The van der Waals surface area contributed by atoms with Crippen molar-refractivity contribution in [1.29, 1.82) is 0 Å². The number of halogens is 3. The second-order valence-electron chi connectivity index (χ2n) is 9.57. The molecule has 39 heavy (non-hydrogen) atoms. The van der Waals surface area contributed by atoms with Gasteiger partial charge in [-0.2, -0.15) is 13.2 Å². The van der Waals surface area contributed by atoms with Gasteiger partial charge in [-0.15, -0.1) is 0 Å². The minimum absolute atomic E-state index is 0.0713. The highest BCUT2D eigenvalue weighted by atomic mass is 32.2. The number of carbonyl (C=O) groups excluding carboxylic acids is 1. The molecule has 0 saturated carbocycles. The van der Waals surface area contributed by atoms with Gasteiger partial charge in [-0.25, -0.2) is 9.97 Å². The number of hydrogen-bond acceptors (Lipinski definition) is 7. The molecule has 4 rings (SSSR count). The standard InChI is InChI=1S/C28H32F3N5O2S/c1-19(2)32-26(37)21-9-7-20(8-10-21)18-39-27-33-23(17-38-3)16-25(34-27)36-13-11-35(12-14-36)24-6-4-5-22(15-24)28(29,30)31/h4-10,15-16,19H,11-14,17-18H2,1-3H3,(H,32,37). The van der Waals surface area contributed by atoms with E-state index in [9.17, 15) is 18.0 Å². The van der Waals surface area contributed by atoms with Gasteiger partial charge in [-0.05, 0) is 49.7 Å². The summed E-state index contributed by atoms with van der Waals surface area (Å²) in [6, 6.07) is 14.9. The number of carbonyl (C=O) groups is 1. The molecule has 7 nitrogen and oxygen atoms in total. The number of methoxy groups -OCH3 is 1. The molecule has 1 aromatic heterocycles. The number of ether oxygens (including phenoxy) is 1.